The van der Waals surface area contributed by atoms with E-state index in [0.717, 1.165) is 44.0 Å². The van der Waals surface area contributed by atoms with Crippen LogP contribution in [-0.2, 0) is 0 Å². The summed E-state index contributed by atoms with van der Waals surface area (Å²) in [6.45, 7) is 0. The summed E-state index contributed by atoms with van der Waals surface area (Å²) in [6.07, 6.45) is 6.80. The molecule has 2 heterocycles. The summed E-state index contributed by atoms with van der Waals surface area (Å²) in [5, 5.41) is 4.51. The third-order valence-corrected chi connectivity index (χ3v) is 5.81. The third-order valence-electron chi connectivity index (χ3n) is 5.81. The van der Waals surface area contributed by atoms with E-state index in [2.05, 4.69) is 72.8 Å². The van der Waals surface area contributed by atoms with Crippen molar-refractivity contribution in [2.75, 3.05) is 0 Å². The highest BCUT2D eigenvalue weighted by Crippen LogP contribution is 2.45. The number of hydrogen-bond acceptors (Lipinski definition) is 4. The van der Waals surface area contributed by atoms with E-state index in [0.29, 0.717) is 11.5 Å². The van der Waals surface area contributed by atoms with E-state index in [-0.39, 0.29) is 0 Å². The second-order valence-corrected chi connectivity index (χ2v) is 7.91. The average Bonchev–Trinajstić information content (AvgIpc) is 3.60. The van der Waals surface area contributed by atoms with Gasteiger partial charge in [-0.25, -0.2) is 0 Å². The van der Waals surface area contributed by atoms with Gasteiger partial charge in [-0.3, -0.25) is 9.98 Å². The lowest BCUT2D eigenvalue weighted by atomic mass is 9.91. The Morgan fingerprint density at radius 3 is 1.38 bits per heavy atom. The van der Waals surface area contributed by atoms with Crippen molar-refractivity contribution in [3.8, 4) is 11.1 Å². The summed E-state index contributed by atoms with van der Waals surface area (Å²) < 4.78 is 11.0. The molecule has 0 aliphatic heterocycles. The molecule has 0 saturated carbocycles. The highest BCUT2D eigenvalue weighted by molar-refractivity contribution is 6.13. The smallest absolute Gasteiger partial charge is 0.144 e. The predicted molar refractivity (Wildman–Crippen MR) is 139 cm³/mol. The normalized spacial score (nSPS) is 11.9. The average molecular weight is 441 g/mol. The second-order valence-electron chi connectivity index (χ2n) is 7.91. The fraction of sp³-hybridized carbons (Fsp3) is 0. The van der Waals surface area contributed by atoms with Gasteiger partial charge in [0.2, 0.25) is 0 Å². The first kappa shape index (κ1) is 19.9. The maximum absolute atomic E-state index is 5.48. The van der Waals surface area contributed by atoms with Crippen molar-refractivity contribution in [2.45, 2.75) is 0 Å². The molecule has 0 fully saturated rings. The zero-order valence-corrected chi connectivity index (χ0v) is 18.3. The molecule has 6 rings (SSSR count). The first-order chi connectivity index (χ1) is 16.9. The van der Waals surface area contributed by atoms with Crippen LogP contribution in [0.25, 0.3) is 32.7 Å². The van der Waals surface area contributed by atoms with Crippen molar-refractivity contribution < 1.29 is 8.83 Å². The van der Waals surface area contributed by atoms with E-state index in [1.54, 1.807) is 25.0 Å². The Labute approximate surface area is 196 Å². The summed E-state index contributed by atoms with van der Waals surface area (Å²) in [6, 6.07) is 32.5. The van der Waals surface area contributed by atoms with Crippen molar-refractivity contribution >= 4 is 45.3 Å². The summed E-state index contributed by atoms with van der Waals surface area (Å²) in [4.78, 5) is 9.69. The van der Waals surface area contributed by atoms with Gasteiger partial charge in [0.15, 0.2) is 0 Å². The van der Waals surface area contributed by atoms with Crippen LogP contribution in [-0.4, -0.2) is 12.4 Å². The number of fused-ring (bicyclic) bond motifs is 2. The molecule has 0 saturated heterocycles. The van der Waals surface area contributed by atoms with Crippen molar-refractivity contribution in [1.29, 1.82) is 0 Å². The lowest BCUT2D eigenvalue weighted by molar-refractivity contribution is 0.560. The van der Waals surface area contributed by atoms with Gasteiger partial charge in [0.05, 0.1) is 36.3 Å². The molecule has 0 aliphatic rings. The van der Waals surface area contributed by atoms with E-state index in [9.17, 15) is 0 Å². The molecule has 4 nitrogen and oxygen atoms in total. The lowest BCUT2D eigenvalue weighted by Crippen LogP contribution is -1.88. The van der Waals surface area contributed by atoms with Crippen LogP contribution < -0.4 is 0 Å². The minimum atomic E-state index is 0.702. The van der Waals surface area contributed by atoms with Crippen molar-refractivity contribution in [3.05, 3.63) is 121 Å². The fourth-order valence-corrected chi connectivity index (χ4v) is 4.26. The van der Waals surface area contributed by atoms with Gasteiger partial charge >= 0.3 is 0 Å². The van der Waals surface area contributed by atoms with Gasteiger partial charge in [0.25, 0.3) is 0 Å². The van der Waals surface area contributed by atoms with E-state index in [1.807, 2.05) is 24.3 Å². The standard InChI is InChI=1S/C30H20N2O2/c1-3-11-25-21(7-1)13-15-27(31-19-23-9-5-17-33-23)29(25)30-26-12-4-2-8-22(26)14-16-28(30)32-20-24-10-6-18-34-24/h1-20H. The number of rotatable bonds is 5. The first-order valence-electron chi connectivity index (χ1n) is 11.1. The van der Waals surface area contributed by atoms with Crippen LogP contribution in [0.3, 0.4) is 0 Å². The molecule has 0 bridgehead atoms. The number of aliphatic imine (C=N–C) groups is 2. The van der Waals surface area contributed by atoms with Crippen LogP contribution in [0.4, 0.5) is 11.4 Å². The largest absolute Gasteiger partial charge is 0.463 e. The minimum Gasteiger partial charge on any atom is -0.463 e. The first-order valence-corrected chi connectivity index (χ1v) is 11.1. The molecular formula is C30H20N2O2. The van der Waals surface area contributed by atoms with Crippen LogP contribution in [0.5, 0.6) is 0 Å². The molecule has 162 valence electrons. The summed E-state index contributed by atoms with van der Waals surface area (Å²) in [7, 11) is 0. The Morgan fingerprint density at radius 2 is 0.941 bits per heavy atom. The van der Waals surface area contributed by atoms with Gasteiger partial charge in [-0.05, 0) is 57.9 Å². The molecule has 0 amide bonds. The monoisotopic (exact) mass is 440 g/mol. The quantitative estimate of drug-likeness (QED) is 0.253. The van der Waals surface area contributed by atoms with Crippen molar-refractivity contribution in [1.82, 2.24) is 0 Å². The number of benzene rings is 4. The van der Waals surface area contributed by atoms with Crippen molar-refractivity contribution in [3.63, 3.8) is 0 Å². The molecule has 0 radical (unpaired) electrons. The maximum atomic E-state index is 5.48. The molecule has 0 N–H and O–H groups in total. The Bertz CT molecular complexity index is 1520. The summed E-state index contributed by atoms with van der Waals surface area (Å²) in [5.74, 6) is 1.40. The highest BCUT2D eigenvalue weighted by Gasteiger charge is 2.16. The predicted octanol–water partition coefficient (Wildman–Crippen LogP) is 8.35. The SMILES string of the molecule is C(=Nc1ccc2ccccc2c1-c1c(N=Cc2ccco2)ccc2ccccc12)c1ccco1. The molecule has 0 atom stereocenters. The molecule has 2 aromatic heterocycles. The molecule has 4 aromatic carbocycles. The van der Waals surface area contributed by atoms with Gasteiger partial charge in [0, 0.05) is 11.1 Å². The fourth-order valence-electron chi connectivity index (χ4n) is 4.26. The molecule has 0 aliphatic carbocycles. The maximum Gasteiger partial charge on any atom is 0.144 e. The summed E-state index contributed by atoms with van der Waals surface area (Å²) in [5.41, 5.74) is 3.76. The number of hydrogen-bond donors (Lipinski definition) is 0. The third kappa shape index (κ3) is 3.71. The van der Waals surface area contributed by atoms with Gasteiger partial charge in [0.1, 0.15) is 11.5 Å². The van der Waals surface area contributed by atoms with Gasteiger partial charge in [-0.15, -0.1) is 0 Å². The van der Waals surface area contributed by atoms with Crippen LogP contribution in [0.2, 0.25) is 0 Å². The van der Waals surface area contributed by atoms with E-state index >= 15 is 0 Å². The molecule has 6 aromatic rings. The number of nitrogens with zero attached hydrogens (tertiary/aromatic N) is 2. The van der Waals surface area contributed by atoms with E-state index < -0.39 is 0 Å². The molecule has 0 unspecified atom stereocenters. The van der Waals surface area contributed by atoms with Gasteiger partial charge < -0.3 is 8.83 Å². The van der Waals surface area contributed by atoms with Crippen LogP contribution >= 0.6 is 0 Å². The van der Waals surface area contributed by atoms with Crippen LogP contribution in [0.1, 0.15) is 11.5 Å². The van der Waals surface area contributed by atoms with Gasteiger partial charge in [-0.1, -0.05) is 60.7 Å². The zero-order chi connectivity index (χ0) is 22.7. The van der Waals surface area contributed by atoms with Crippen LogP contribution in [0, 0.1) is 0 Å². The van der Waals surface area contributed by atoms with Gasteiger partial charge in [-0.2, -0.15) is 0 Å². The molecule has 0 spiro atoms. The Kier molecular flexibility index (Phi) is 5.09. The van der Waals surface area contributed by atoms with E-state index in [4.69, 9.17) is 18.8 Å². The molecule has 4 heteroatoms. The summed E-state index contributed by atoms with van der Waals surface area (Å²) >= 11 is 0. The molecular weight excluding hydrogens is 420 g/mol. The Hall–Kier alpha value is -4.70. The minimum absolute atomic E-state index is 0.702. The molecule has 34 heavy (non-hydrogen) atoms. The topological polar surface area (TPSA) is 51.0 Å². The van der Waals surface area contributed by atoms with E-state index in [1.165, 1.54) is 0 Å². The lowest BCUT2D eigenvalue weighted by Gasteiger charge is -2.15. The van der Waals surface area contributed by atoms with Crippen LogP contribution in [0.15, 0.2) is 128 Å². The second kappa shape index (κ2) is 8.68. The highest BCUT2D eigenvalue weighted by atomic mass is 16.3. The zero-order valence-electron chi connectivity index (χ0n) is 18.3. The Morgan fingerprint density at radius 1 is 0.471 bits per heavy atom. The Balaban J connectivity index is 1.66. The number of furan rings is 2. The van der Waals surface area contributed by atoms with Crippen molar-refractivity contribution in [2.24, 2.45) is 9.98 Å².